The molecule has 0 radical (unpaired) electrons. The van der Waals surface area contributed by atoms with Gasteiger partial charge in [0, 0.05) is 38.6 Å². The minimum Gasteiger partial charge on any atom is -0.380 e. The van der Waals surface area contributed by atoms with Gasteiger partial charge in [-0.15, -0.1) is 0 Å². The summed E-state index contributed by atoms with van der Waals surface area (Å²) >= 11 is 0. The first kappa shape index (κ1) is 89.7. The van der Waals surface area contributed by atoms with Gasteiger partial charge in [-0.3, -0.25) is 4.98 Å². The van der Waals surface area contributed by atoms with Crippen molar-refractivity contribution in [3.05, 3.63) is 448 Å². The molecule has 13 aromatic rings. The predicted molar refractivity (Wildman–Crippen MR) is 507 cm³/mol. The molecule has 4 saturated heterocycles. The number of aromatic nitrogens is 1. The van der Waals surface area contributed by atoms with Gasteiger partial charge < -0.3 is 40.0 Å². The highest BCUT2D eigenvalue weighted by atomic mass is 19.1. The molecule has 0 unspecified atom stereocenters. The molecule has 1 aromatic heterocycles. The number of hydrogen-bond donors (Lipinski definition) is 4. The van der Waals surface area contributed by atoms with Crippen LogP contribution in [0.2, 0.25) is 0 Å². The Morgan fingerprint density at radius 3 is 0.750 bits per heavy atom. The number of nitrogens with zero attached hydrogens (tertiary/aromatic N) is 5. The molecule has 0 saturated carbocycles. The van der Waals surface area contributed by atoms with Crippen LogP contribution in [0.25, 0.3) is 11.1 Å². The number of piperidine rings is 4. The smallest absolute Gasteiger partial charge is 0.123 e. The van der Waals surface area contributed by atoms with Crippen molar-refractivity contribution in [1.82, 2.24) is 24.6 Å². The van der Waals surface area contributed by atoms with Crippen molar-refractivity contribution in [1.29, 1.82) is 0 Å². The molecule has 4 N–H and O–H groups in total. The first-order chi connectivity index (χ1) is 60.4. The molecular formula is C114H128FN5O4. The number of pyridine rings is 1. The Morgan fingerprint density at radius 1 is 0.266 bits per heavy atom. The fourth-order valence-electron chi connectivity index (χ4n) is 19.5. The fourth-order valence-corrected chi connectivity index (χ4v) is 19.5. The molecule has 0 atom stereocenters. The van der Waals surface area contributed by atoms with Crippen LogP contribution in [0, 0.1) is 36.4 Å². The van der Waals surface area contributed by atoms with Gasteiger partial charge in [-0.2, -0.15) is 0 Å². The standard InChI is InChI=1S/C31H32N2O.C30H37NO.C27H31NO.C26H28FNO/c34-31(28-7-3-1-4-8-28,29-9-5-2-6-10-29)30-18-23-33(24-19-30)22-17-25-11-13-26(14-12-25)27-15-20-32-21-16-27;1-29(2,3)28-16-10-11-24(23-28)17-20-31-21-18-27(19-22-31)30(32,25-12-6-4-7-13-25)26-14-8-5-9-15-26;1-22-12-14-23(15-13-22)16-19-28-20-17-26(18-21-28)27(29,24-8-4-2-5-9-24)25-10-6-3-7-11-25;27-25-13-11-21(12-14-25)15-18-28-19-16-24(17-20-28)26(29,22-7-3-1-4-8-22)23-9-5-2-6-10-23/h1-16,20-21,30,34H,17-19,22-24H2;4-16,23,27,32H,17-22H2,1-3H3;2-15,26,29H,16-21H2,1H3;1-14,24,29H,15-20H2. The molecule has 4 aliphatic rings. The molecule has 4 aliphatic heterocycles. The zero-order valence-corrected chi connectivity index (χ0v) is 73.3. The molecular weight excluding hydrogens is 1520 g/mol. The lowest BCUT2D eigenvalue weighted by Gasteiger charge is -2.42. The number of halogens is 1. The zero-order valence-electron chi connectivity index (χ0n) is 73.3. The first-order valence-electron chi connectivity index (χ1n) is 45.5. The molecule has 0 spiro atoms. The molecule has 17 rings (SSSR count). The zero-order chi connectivity index (χ0) is 86.0. The van der Waals surface area contributed by atoms with E-state index in [0.717, 1.165) is 200 Å². The van der Waals surface area contributed by atoms with Crippen LogP contribution in [0.15, 0.2) is 364 Å². The monoisotopic (exact) mass is 1650 g/mol. The lowest BCUT2D eigenvalue weighted by atomic mass is 9.72. The highest BCUT2D eigenvalue weighted by Gasteiger charge is 2.46. The van der Waals surface area contributed by atoms with E-state index in [1.807, 2.05) is 207 Å². The number of benzene rings is 12. The van der Waals surface area contributed by atoms with Gasteiger partial charge in [0.15, 0.2) is 0 Å². The van der Waals surface area contributed by atoms with Crippen LogP contribution in [0.4, 0.5) is 4.39 Å². The predicted octanol–water partition coefficient (Wildman–Crippen LogP) is 22.3. The molecule has 124 heavy (non-hydrogen) atoms. The lowest BCUT2D eigenvalue weighted by Crippen LogP contribution is -2.44. The van der Waals surface area contributed by atoms with E-state index in [9.17, 15) is 24.8 Å². The van der Waals surface area contributed by atoms with Gasteiger partial charge in [0.2, 0.25) is 0 Å². The summed E-state index contributed by atoms with van der Waals surface area (Å²) < 4.78 is 13.1. The number of aliphatic hydroxyl groups is 4. The van der Waals surface area contributed by atoms with E-state index in [1.54, 1.807) is 0 Å². The van der Waals surface area contributed by atoms with E-state index in [0.29, 0.717) is 0 Å². The van der Waals surface area contributed by atoms with E-state index in [1.165, 1.54) is 56.6 Å². The van der Waals surface area contributed by atoms with Crippen LogP contribution < -0.4 is 0 Å². The van der Waals surface area contributed by atoms with Gasteiger partial charge in [0.25, 0.3) is 0 Å². The van der Waals surface area contributed by atoms with Crippen LogP contribution in [0.5, 0.6) is 0 Å². The van der Waals surface area contributed by atoms with Crippen molar-refractivity contribution in [2.75, 3.05) is 78.5 Å². The van der Waals surface area contributed by atoms with Crippen molar-refractivity contribution in [2.45, 2.75) is 133 Å². The Bertz CT molecular complexity index is 4920. The summed E-state index contributed by atoms with van der Waals surface area (Å²) in [5.74, 6) is 0.633. The Balaban J connectivity index is 0.000000135. The first-order valence-corrected chi connectivity index (χ1v) is 45.5. The Kier molecular flexibility index (Phi) is 31.3. The van der Waals surface area contributed by atoms with Crippen LogP contribution in [0.3, 0.4) is 0 Å². The van der Waals surface area contributed by atoms with Crippen molar-refractivity contribution >= 4 is 0 Å². The van der Waals surface area contributed by atoms with E-state index >= 15 is 0 Å². The Hall–Kier alpha value is -10.6. The average Bonchev–Trinajstić information content (AvgIpc) is 0.781. The summed E-state index contributed by atoms with van der Waals surface area (Å²) in [5, 5.41) is 48.1. The van der Waals surface area contributed by atoms with Crippen LogP contribution in [0.1, 0.15) is 150 Å². The Labute approximate surface area is 738 Å². The molecule has 12 aromatic carbocycles. The third-order valence-electron chi connectivity index (χ3n) is 27.1. The Morgan fingerprint density at radius 2 is 0.492 bits per heavy atom. The summed E-state index contributed by atoms with van der Waals surface area (Å²) in [6.07, 6.45) is 15.7. The maximum atomic E-state index is 13.1. The van der Waals surface area contributed by atoms with Gasteiger partial charge in [-0.05, 0) is 273 Å². The maximum absolute atomic E-state index is 13.1. The summed E-state index contributed by atoms with van der Waals surface area (Å²) in [6, 6.07) is 119. The van der Waals surface area contributed by atoms with Crippen molar-refractivity contribution in [2.24, 2.45) is 23.7 Å². The van der Waals surface area contributed by atoms with Crippen molar-refractivity contribution in [3.8, 4) is 11.1 Å². The highest BCUT2D eigenvalue weighted by molar-refractivity contribution is 5.63. The van der Waals surface area contributed by atoms with Crippen LogP contribution in [-0.4, -0.2) is 124 Å². The highest BCUT2D eigenvalue weighted by Crippen LogP contribution is 2.47. The summed E-state index contributed by atoms with van der Waals surface area (Å²) in [4.78, 5) is 14.2. The molecule has 9 nitrogen and oxygen atoms in total. The largest absolute Gasteiger partial charge is 0.380 e. The summed E-state index contributed by atoms with van der Waals surface area (Å²) in [6.45, 7) is 21.3. The second-order valence-corrected chi connectivity index (χ2v) is 36.0. The number of rotatable bonds is 25. The topological polar surface area (TPSA) is 107 Å². The van der Waals surface area contributed by atoms with Gasteiger partial charge in [-0.25, -0.2) is 4.39 Å². The quantitative estimate of drug-likeness (QED) is 0.0445. The van der Waals surface area contributed by atoms with Crippen molar-refractivity contribution in [3.63, 3.8) is 0 Å². The van der Waals surface area contributed by atoms with Gasteiger partial charge >= 0.3 is 0 Å². The molecule has 0 bridgehead atoms. The molecule has 640 valence electrons. The van der Waals surface area contributed by atoms with E-state index in [2.05, 4.69) is 198 Å². The molecule has 5 heterocycles. The van der Waals surface area contributed by atoms with E-state index < -0.39 is 22.4 Å². The number of aryl methyl sites for hydroxylation is 1. The van der Waals surface area contributed by atoms with Crippen LogP contribution in [-0.2, 0) is 53.5 Å². The fraction of sp³-hybridized carbons (Fsp3) is 0.325. The summed E-state index contributed by atoms with van der Waals surface area (Å²) in [7, 11) is 0. The molecule has 4 fully saturated rings. The number of hydrogen-bond acceptors (Lipinski definition) is 9. The second kappa shape index (κ2) is 43.3. The van der Waals surface area contributed by atoms with E-state index in [4.69, 9.17) is 0 Å². The normalized spacial score (nSPS) is 15.9. The van der Waals surface area contributed by atoms with Crippen molar-refractivity contribution < 1.29 is 24.8 Å². The molecule has 10 heteroatoms. The minimum atomic E-state index is -0.967. The lowest BCUT2D eigenvalue weighted by molar-refractivity contribution is -0.0141. The second-order valence-electron chi connectivity index (χ2n) is 36.0. The minimum absolute atomic E-state index is 0.175. The third kappa shape index (κ3) is 22.9. The SMILES string of the molecule is CC(C)(C)c1cccc(CCN2CCC(C(O)(c3ccccc3)c3ccccc3)CC2)c1.Cc1ccc(CCN2CCC(C(O)(c3ccccc3)c3ccccc3)CC2)cc1.OC(c1ccccc1)(c1ccccc1)C1CCN(CCc2ccc(-c3ccncc3)cc2)CC1.OC(c1ccccc1)(c1ccccc1)C1CCN(CCc2ccc(F)cc2)CC1. The van der Waals surface area contributed by atoms with Crippen LogP contribution >= 0.6 is 0 Å². The van der Waals surface area contributed by atoms with Gasteiger partial charge in [0.05, 0.1) is 0 Å². The third-order valence-corrected chi connectivity index (χ3v) is 27.1. The molecule has 0 aliphatic carbocycles. The van der Waals surface area contributed by atoms with Gasteiger partial charge in [-0.1, -0.05) is 354 Å². The maximum Gasteiger partial charge on any atom is 0.123 e. The average molecular weight is 1650 g/mol. The van der Waals surface area contributed by atoms with E-state index in [-0.39, 0.29) is 34.9 Å². The van der Waals surface area contributed by atoms with Gasteiger partial charge in [0.1, 0.15) is 28.2 Å². The summed E-state index contributed by atoms with van der Waals surface area (Å²) in [5.41, 5.74) is 14.9. The number of likely N-dealkylation sites (tertiary alicyclic amines) is 4. The molecule has 0 amide bonds.